The van der Waals surface area contributed by atoms with Crippen LogP contribution >= 0.6 is 11.8 Å². The summed E-state index contributed by atoms with van der Waals surface area (Å²) in [6.07, 6.45) is 0. The number of hydrogen-bond acceptors (Lipinski definition) is 5. The van der Waals surface area contributed by atoms with Gasteiger partial charge in [-0.3, -0.25) is 9.59 Å². The predicted molar refractivity (Wildman–Crippen MR) is 111 cm³/mol. The molecule has 8 heteroatoms. The van der Waals surface area contributed by atoms with E-state index in [9.17, 15) is 14.4 Å². The number of fused-ring (bicyclic) bond motifs is 1. The highest BCUT2D eigenvalue weighted by Crippen LogP contribution is 2.30. The van der Waals surface area contributed by atoms with Crippen LogP contribution in [0.15, 0.2) is 42.5 Å². The first-order valence-corrected chi connectivity index (χ1v) is 10.6. The fourth-order valence-corrected chi connectivity index (χ4v) is 5.23. The summed E-state index contributed by atoms with van der Waals surface area (Å²) in [5.74, 6) is 0.254. The zero-order valence-corrected chi connectivity index (χ0v) is 17.3. The van der Waals surface area contributed by atoms with Crippen molar-refractivity contribution in [2.45, 2.75) is 17.7 Å². The van der Waals surface area contributed by atoms with Gasteiger partial charge in [-0.25, -0.2) is 9.69 Å². The van der Waals surface area contributed by atoms with Gasteiger partial charge in [0, 0.05) is 5.75 Å². The smallest absolute Gasteiger partial charge is 0.329 e. The maximum atomic E-state index is 13.3. The number of urea groups is 1. The highest BCUT2D eigenvalue weighted by Gasteiger charge is 2.50. The zero-order chi connectivity index (χ0) is 20.6. The molecule has 2 aliphatic heterocycles. The van der Waals surface area contributed by atoms with Crippen LogP contribution in [0, 0.1) is 0 Å². The third-order valence-corrected chi connectivity index (χ3v) is 6.90. The molecule has 0 radical (unpaired) electrons. The van der Waals surface area contributed by atoms with E-state index in [4.69, 9.17) is 4.74 Å². The number of hydrogen-bond donors (Lipinski definition) is 2. The van der Waals surface area contributed by atoms with Crippen molar-refractivity contribution in [1.29, 1.82) is 0 Å². The zero-order valence-electron chi connectivity index (χ0n) is 16.4. The Bertz CT molecular complexity index is 981. The van der Waals surface area contributed by atoms with Crippen molar-refractivity contribution < 1.29 is 24.0 Å². The summed E-state index contributed by atoms with van der Waals surface area (Å²) in [4.78, 5) is 40.1. The molecule has 3 amide bonds. The lowest BCUT2D eigenvalue weighted by molar-refractivity contribution is -0.905. The molecule has 0 aliphatic carbocycles. The monoisotopic (exact) mass is 414 g/mol. The Labute approximate surface area is 173 Å². The number of imide groups is 1. The van der Waals surface area contributed by atoms with Gasteiger partial charge >= 0.3 is 12.0 Å². The van der Waals surface area contributed by atoms with Gasteiger partial charge in [-0.2, -0.15) is 0 Å². The van der Waals surface area contributed by atoms with Crippen molar-refractivity contribution in [2.75, 3.05) is 32.6 Å². The Morgan fingerprint density at radius 2 is 2.03 bits per heavy atom. The van der Waals surface area contributed by atoms with Gasteiger partial charge in [0.15, 0.2) is 11.9 Å². The predicted octanol–water partition coefficient (Wildman–Crippen LogP) is 0.738. The number of carbonyl (C=O) groups is 3. The van der Waals surface area contributed by atoms with Crippen LogP contribution in [-0.4, -0.2) is 60.7 Å². The number of thioether (sulfide) groups is 1. The van der Waals surface area contributed by atoms with Crippen LogP contribution in [0.25, 0.3) is 10.8 Å². The average molecular weight is 415 g/mol. The normalized spacial score (nSPS) is 27.2. The lowest BCUT2D eigenvalue weighted by atomic mass is 9.90. The van der Waals surface area contributed by atoms with Gasteiger partial charge in [0.1, 0.15) is 12.1 Å². The van der Waals surface area contributed by atoms with Gasteiger partial charge in [-0.1, -0.05) is 36.4 Å². The number of amides is 3. The molecule has 0 saturated carbocycles. The third kappa shape index (κ3) is 3.58. The Balaban J connectivity index is 1.54. The van der Waals surface area contributed by atoms with E-state index in [0.29, 0.717) is 6.54 Å². The van der Waals surface area contributed by atoms with Crippen molar-refractivity contribution in [3.63, 3.8) is 0 Å². The maximum Gasteiger partial charge on any atom is 0.329 e. The summed E-state index contributed by atoms with van der Waals surface area (Å²) < 4.78 is 4.84. The highest BCUT2D eigenvalue weighted by molar-refractivity contribution is 8.00. The van der Waals surface area contributed by atoms with Gasteiger partial charge < -0.3 is 15.0 Å². The first kappa shape index (κ1) is 19.7. The number of quaternary nitrogens is 1. The number of nitrogens with zero attached hydrogens (tertiary/aromatic N) is 1. The fourth-order valence-electron chi connectivity index (χ4n) is 3.96. The number of carbonyl (C=O) groups excluding carboxylic acids is 3. The standard InChI is InChI=1S/C21H23N3O4S/c1-21(16-8-7-14-5-3-4-6-15(14)11-16)19(26)24(20(27)22-21)13-23-9-10-29-17(12-23)18(25)28-2/h3-8,11,17H,9-10,12-13H2,1-2H3,(H,22,27)/p+1/t17-,21+/m0/s1. The molecule has 7 nitrogen and oxygen atoms in total. The molecule has 2 aromatic carbocycles. The summed E-state index contributed by atoms with van der Waals surface area (Å²) in [5.41, 5.74) is -0.346. The molecule has 3 atom stereocenters. The van der Waals surface area contributed by atoms with Crippen LogP contribution in [0.4, 0.5) is 4.79 Å². The number of esters is 1. The Hall–Kier alpha value is -2.58. The summed E-state index contributed by atoms with van der Waals surface area (Å²) in [6.45, 7) is 3.29. The molecule has 2 aromatic rings. The van der Waals surface area contributed by atoms with Gasteiger partial charge in [0.2, 0.25) is 0 Å². The van der Waals surface area contributed by atoms with E-state index in [1.54, 1.807) is 18.7 Å². The Morgan fingerprint density at radius 1 is 1.28 bits per heavy atom. The van der Waals surface area contributed by atoms with Crippen LogP contribution < -0.4 is 10.2 Å². The molecular formula is C21H24N3O4S+. The molecule has 29 heavy (non-hydrogen) atoms. The molecule has 0 bridgehead atoms. The largest absolute Gasteiger partial charge is 0.468 e. The van der Waals surface area contributed by atoms with Gasteiger partial charge in [-0.05, 0) is 29.3 Å². The minimum absolute atomic E-state index is 0.238. The molecule has 4 rings (SSSR count). The van der Waals surface area contributed by atoms with Gasteiger partial charge in [0.05, 0.1) is 13.7 Å². The number of rotatable bonds is 4. The molecule has 0 spiro atoms. The minimum Gasteiger partial charge on any atom is -0.468 e. The summed E-state index contributed by atoms with van der Waals surface area (Å²) >= 11 is 1.56. The van der Waals surface area contributed by atoms with Crippen LogP contribution in [0.1, 0.15) is 12.5 Å². The van der Waals surface area contributed by atoms with Gasteiger partial charge in [0.25, 0.3) is 5.91 Å². The first-order chi connectivity index (χ1) is 13.9. The quantitative estimate of drug-likeness (QED) is 0.570. The molecule has 2 aliphatic rings. The van der Waals surface area contributed by atoms with E-state index in [2.05, 4.69) is 5.32 Å². The number of nitrogens with one attached hydrogen (secondary N) is 2. The van der Waals surface area contributed by atoms with E-state index >= 15 is 0 Å². The summed E-state index contributed by atoms with van der Waals surface area (Å²) in [7, 11) is 1.38. The SMILES string of the molecule is COC(=O)[C@@H]1C[NH+](CN2C(=O)N[C@](C)(c3ccc4ccccc4c3)C2=O)CCS1. The van der Waals surface area contributed by atoms with Crippen LogP contribution in [0.3, 0.4) is 0 Å². The summed E-state index contributed by atoms with van der Waals surface area (Å²) in [6, 6.07) is 13.3. The highest BCUT2D eigenvalue weighted by atomic mass is 32.2. The van der Waals surface area contributed by atoms with E-state index in [-0.39, 0.29) is 23.8 Å². The van der Waals surface area contributed by atoms with E-state index in [0.717, 1.165) is 33.5 Å². The van der Waals surface area contributed by atoms with Gasteiger partial charge in [-0.15, -0.1) is 11.8 Å². The average Bonchev–Trinajstić information content (AvgIpc) is 2.97. The molecule has 2 N–H and O–H groups in total. The second kappa shape index (κ2) is 7.68. The van der Waals surface area contributed by atoms with E-state index in [1.807, 2.05) is 42.5 Å². The topological polar surface area (TPSA) is 80.2 Å². The molecule has 1 unspecified atom stereocenters. The lowest BCUT2D eigenvalue weighted by Crippen LogP contribution is -3.16. The number of ether oxygens (including phenoxy) is 1. The second-order valence-electron chi connectivity index (χ2n) is 7.60. The second-order valence-corrected chi connectivity index (χ2v) is 8.91. The Kier molecular flexibility index (Phi) is 5.23. The lowest BCUT2D eigenvalue weighted by Gasteiger charge is -2.30. The van der Waals surface area contributed by atoms with Crippen molar-refractivity contribution >= 4 is 40.4 Å². The van der Waals surface area contributed by atoms with Crippen LogP contribution in [-0.2, 0) is 19.9 Å². The molecular weight excluding hydrogens is 390 g/mol. The summed E-state index contributed by atoms with van der Waals surface area (Å²) in [5, 5.41) is 4.71. The first-order valence-electron chi connectivity index (χ1n) is 9.59. The molecule has 2 fully saturated rings. The van der Waals surface area contributed by atoms with Crippen molar-refractivity contribution in [1.82, 2.24) is 10.2 Å². The fraction of sp³-hybridized carbons (Fsp3) is 0.381. The number of benzene rings is 2. The van der Waals surface area contributed by atoms with Crippen molar-refractivity contribution in [3.05, 3.63) is 48.0 Å². The molecule has 152 valence electrons. The van der Waals surface area contributed by atoms with Crippen LogP contribution in [0.5, 0.6) is 0 Å². The number of methoxy groups -OCH3 is 1. The van der Waals surface area contributed by atoms with Crippen molar-refractivity contribution in [2.24, 2.45) is 0 Å². The van der Waals surface area contributed by atoms with E-state index in [1.165, 1.54) is 12.0 Å². The Morgan fingerprint density at radius 3 is 2.79 bits per heavy atom. The third-order valence-electron chi connectivity index (χ3n) is 5.70. The molecule has 2 heterocycles. The van der Waals surface area contributed by atoms with E-state index < -0.39 is 11.6 Å². The minimum atomic E-state index is -1.10. The van der Waals surface area contributed by atoms with Crippen LogP contribution in [0.2, 0.25) is 0 Å². The molecule has 2 saturated heterocycles. The van der Waals surface area contributed by atoms with Crippen molar-refractivity contribution in [3.8, 4) is 0 Å². The molecule has 0 aromatic heterocycles. The maximum absolute atomic E-state index is 13.3.